The minimum Gasteiger partial charge on any atom is -0.380 e. The summed E-state index contributed by atoms with van der Waals surface area (Å²) in [5.74, 6) is -0.0310. The number of anilines is 1. The van der Waals surface area contributed by atoms with Crippen molar-refractivity contribution in [2.24, 2.45) is 0 Å². The molecule has 0 saturated heterocycles. The van der Waals surface area contributed by atoms with E-state index in [0.29, 0.717) is 0 Å². The van der Waals surface area contributed by atoms with E-state index in [2.05, 4.69) is 10.6 Å². The summed E-state index contributed by atoms with van der Waals surface area (Å²) in [7, 11) is 3.46. The van der Waals surface area contributed by atoms with E-state index in [9.17, 15) is 4.79 Å². The van der Waals surface area contributed by atoms with Gasteiger partial charge in [-0.3, -0.25) is 4.79 Å². The molecule has 4 heteroatoms. The predicted octanol–water partition coefficient (Wildman–Crippen LogP) is 1.15. The zero-order chi connectivity index (χ0) is 8.27. The fourth-order valence-electron chi connectivity index (χ4n) is 0.717. The van der Waals surface area contributed by atoms with Crippen molar-refractivity contribution in [2.45, 2.75) is 0 Å². The lowest BCUT2D eigenvalue weighted by atomic mass is 10.4. The second kappa shape index (κ2) is 3.39. The summed E-state index contributed by atoms with van der Waals surface area (Å²) in [4.78, 5) is 11.7. The van der Waals surface area contributed by atoms with E-state index in [1.54, 1.807) is 13.1 Å². The molecule has 60 valence electrons. The molecule has 0 aliphatic heterocycles. The van der Waals surface area contributed by atoms with Crippen LogP contribution in [0.1, 0.15) is 9.67 Å². The van der Waals surface area contributed by atoms with Gasteiger partial charge in [0.05, 0.1) is 9.88 Å². The molecule has 1 rings (SSSR count). The molecule has 3 nitrogen and oxygen atoms in total. The molecule has 1 amide bonds. The molecular formula is C7H10N2OS. The second-order valence-electron chi connectivity index (χ2n) is 1.99. The zero-order valence-electron chi connectivity index (χ0n) is 6.47. The van der Waals surface area contributed by atoms with Crippen LogP contribution in [0.3, 0.4) is 0 Å². The van der Waals surface area contributed by atoms with Crippen molar-refractivity contribution in [3.63, 3.8) is 0 Å². The Balaban J connectivity index is 2.80. The largest absolute Gasteiger partial charge is 0.380 e. The Morgan fingerprint density at radius 2 is 2.18 bits per heavy atom. The first-order valence-corrected chi connectivity index (χ1v) is 4.09. The van der Waals surface area contributed by atoms with E-state index in [1.807, 2.05) is 13.1 Å². The second-order valence-corrected chi connectivity index (χ2v) is 3.08. The van der Waals surface area contributed by atoms with Crippen LogP contribution in [-0.2, 0) is 0 Å². The van der Waals surface area contributed by atoms with Gasteiger partial charge >= 0.3 is 0 Å². The highest BCUT2D eigenvalue weighted by atomic mass is 32.1. The van der Waals surface area contributed by atoms with Gasteiger partial charge < -0.3 is 10.6 Å². The van der Waals surface area contributed by atoms with E-state index in [1.165, 1.54) is 11.3 Å². The van der Waals surface area contributed by atoms with Crippen molar-refractivity contribution in [3.8, 4) is 0 Å². The summed E-state index contributed by atoms with van der Waals surface area (Å²) < 4.78 is 0. The number of rotatable bonds is 2. The Morgan fingerprint density at radius 1 is 1.45 bits per heavy atom. The number of hydrogen-bond acceptors (Lipinski definition) is 3. The highest BCUT2D eigenvalue weighted by Gasteiger charge is 2.04. The Kier molecular flexibility index (Phi) is 2.48. The van der Waals surface area contributed by atoms with Gasteiger partial charge in [-0.2, -0.15) is 0 Å². The molecule has 0 aliphatic rings. The van der Waals surface area contributed by atoms with Gasteiger partial charge in [0, 0.05) is 14.1 Å². The number of carbonyl (C=O) groups excluding carboxylic acids is 1. The third kappa shape index (κ3) is 1.71. The molecular weight excluding hydrogens is 160 g/mol. The van der Waals surface area contributed by atoms with Gasteiger partial charge in [-0.1, -0.05) is 0 Å². The van der Waals surface area contributed by atoms with Gasteiger partial charge in [-0.15, -0.1) is 11.3 Å². The monoisotopic (exact) mass is 170 g/mol. The fraction of sp³-hybridized carbons (Fsp3) is 0.286. The molecule has 11 heavy (non-hydrogen) atoms. The van der Waals surface area contributed by atoms with Gasteiger partial charge in [-0.05, 0) is 12.1 Å². The van der Waals surface area contributed by atoms with E-state index < -0.39 is 0 Å². The molecule has 0 saturated carbocycles. The summed E-state index contributed by atoms with van der Waals surface area (Å²) in [5.41, 5.74) is 0. The van der Waals surface area contributed by atoms with Crippen LogP contribution < -0.4 is 10.6 Å². The van der Waals surface area contributed by atoms with Crippen LogP contribution in [0.4, 0.5) is 5.00 Å². The Morgan fingerprint density at radius 3 is 2.64 bits per heavy atom. The molecule has 2 N–H and O–H groups in total. The number of hydrogen-bond donors (Lipinski definition) is 2. The Hall–Kier alpha value is -1.03. The summed E-state index contributed by atoms with van der Waals surface area (Å²) in [6.07, 6.45) is 0. The van der Waals surface area contributed by atoms with Crippen LogP contribution in [-0.4, -0.2) is 20.0 Å². The number of thiophene rings is 1. The molecule has 0 radical (unpaired) electrons. The molecule has 0 unspecified atom stereocenters. The molecule has 1 heterocycles. The maximum absolute atomic E-state index is 11.0. The summed E-state index contributed by atoms with van der Waals surface area (Å²) in [6.45, 7) is 0. The standard InChI is InChI=1S/C7H10N2OS/c1-8-6-4-3-5(11-6)7(10)9-2/h3-4,8H,1-2H3,(H,9,10). The Labute approximate surface area is 69.4 Å². The molecule has 0 atom stereocenters. The van der Waals surface area contributed by atoms with Crippen LogP contribution in [0, 0.1) is 0 Å². The third-order valence-corrected chi connectivity index (χ3v) is 2.40. The topological polar surface area (TPSA) is 41.1 Å². The van der Waals surface area contributed by atoms with Gasteiger partial charge in [0.2, 0.25) is 0 Å². The van der Waals surface area contributed by atoms with Crippen molar-refractivity contribution in [3.05, 3.63) is 17.0 Å². The lowest BCUT2D eigenvalue weighted by Gasteiger charge is -1.92. The number of carbonyl (C=O) groups is 1. The SMILES string of the molecule is CNC(=O)c1ccc(NC)s1. The average molecular weight is 170 g/mol. The first kappa shape index (κ1) is 8.07. The van der Waals surface area contributed by atoms with Crippen LogP contribution in [0.5, 0.6) is 0 Å². The first-order chi connectivity index (χ1) is 5.27. The van der Waals surface area contributed by atoms with Crippen molar-refractivity contribution in [1.82, 2.24) is 5.32 Å². The molecule has 0 aromatic carbocycles. The summed E-state index contributed by atoms with van der Waals surface area (Å²) in [5, 5.41) is 6.53. The smallest absolute Gasteiger partial charge is 0.261 e. The van der Waals surface area contributed by atoms with Crippen LogP contribution >= 0.6 is 11.3 Å². The highest BCUT2D eigenvalue weighted by molar-refractivity contribution is 7.17. The van der Waals surface area contributed by atoms with Crippen molar-refractivity contribution in [1.29, 1.82) is 0 Å². The highest BCUT2D eigenvalue weighted by Crippen LogP contribution is 2.20. The number of amides is 1. The maximum atomic E-state index is 11.0. The lowest BCUT2D eigenvalue weighted by molar-refractivity contribution is 0.0967. The third-order valence-electron chi connectivity index (χ3n) is 1.30. The van der Waals surface area contributed by atoms with E-state index in [-0.39, 0.29) is 5.91 Å². The van der Waals surface area contributed by atoms with Crippen molar-refractivity contribution >= 4 is 22.2 Å². The predicted molar refractivity (Wildman–Crippen MR) is 47.3 cm³/mol. The van der Waals surface area contributed by atoms with E-state index in [0.717, 1.165) is 9.88 Å². The lowest BCUT2D eigenvalue weighted by Crippen LogP contribution is -2.15. The summed E-state index contributed by atoms with van der Waals surface area (Å²) in [6, 6.07) is 3.69. The molecule has 0 fully saturated rings. The van der Waals surface area contributed by atoms with Crippen LogP contribution in [0.15, 0.2) is 12.1 Å². The molecule has 1 aromatic heterocycles. The molecule has 0 spiro atoms. The van der Waals surface area contributed by atoms with E-state index in [4.69, 9.17) is 0 Å². The summed E-state index contributed by atoms with van der Waals surface area (Å²) >= 11 is 1.44. The minimum atomic E-state index is -0.0310. The van der Waals surface area contributed by atoms with Gasteiger partial charge in [0.15, 0.2) is 0 Å². The fourth-order valence-corrected chi connectivity index (χ4v) is 1.52. The minimum absolute atomic E-state index is 0.0310. The number of nitrogens with one attached hydrogen (secondary N) is 2. The molecule has 0 aliphatic carbocycles. The maximum Gasteiger partial charge on any atom is 0.261 e. The quantitative estimate of drug-likeness (QED) is 0.699. The normalized spacial score (nSPS) is 9.27. The Bertz CT molecular complexity index is 257. The molecule has 0 bridgehead atoms. The van der Waals surface area contributed by atoms with Gasteiger partial charge in [0.1, 0.15) is 0 Å². The first-order valence-electron chi connectivity index (χ1n) is 3.27. The average Bonchev–Trinajstić information content (AvgIpc) is 2.50. The zero-order valence-corrected chi connectivity index (χ0v) is 7.29. The van der Waals surface area contributed by atoms with Crippen molar-refractivity contribution in [2.75, 3.05) is 19.4 Å². The van der Waals surface area contributed by atoms with Crippen LogP contribution in [0.25, 0.3) is 0 Å². The van der Waals surface area contributed by atoms with E-state index >= 15 is 0 Å². The molecule has 1 aromatic rings. The van der Waals surface area contributed by atoms with Crippen LogP contribution in [0.2, 0.25) is 0 Å². The van der Waals surface area contributed by atoms with Gasteiger partial charge in [-0.25, -0.2) is 0 Å². The van der Waals surface area contributed by atoms with Gasteiger partial charge in [0.25, 0.3) is 5.91 Å². The van der Waals surface area contributed by atoms with Crippen molar-refractivity contribution < 1.29 is 4.79 Å².